The Kier molecular flexibility index (Phi) is 2.42. The van der Waals surface area contributed by atoms with E-state index >= 15 is 0 Å². The van der Waals surface area contributed by atoms with Crippen molar-refractivity contribution < 1.29 is 4.39 Å². The van der Waals surface area contributed by atoms with Crippen LogP contribution >= 0.6 is 0 Å². The first-order valence-corrected chi connectivity index (χ1v) is 4.42. The summed E-state index contributed by atoms with van der Waals surface area (Å²) in [7, 11) is 0. The lowest BCUT2D eigenvalue weighted by atomic mass is 10.1. The van der Waals surface area contributed by atoms with Crippen LogP contribution in [0.15, 0.2) is 42.6 Å². The van der Waals surface area contributed by atoms with Gasteiger partial charge in [-0.15, -0.1) is 0 Å². The number of nitriles is 1. The van der Waals surface area contributed by atoms with E-state index < -0.39 is 5.82 Å². The Bertz CT molecular complexity index is 515. The summed E-state index contributed by atoms with van der Waals surface area (Å²) in [6, 6.07) is 12.1. The summed E-state index contributed by atoms with van der Waals surface area (Å²) >= 11 is 0. The van der Waals surface area contributed by atoms with Crippen LogP contribution in [-0.4, -0.2) is 4.98 Å². The van der Waals surface area contributed by atoms with E-state index in [1.807, 2.05) is 24.3 Å². The molecule has 1 aromatic carbocycles. The lowest BCUT2D eigenvalue weighted by Crippen LogP contribution is -1.90. The molecule has 2 nitrogen and oxygen atoms in total. The van der Waals surface area contributed by atoms with Crippen LogP contribution < -0.4 is 0 Å². The van der Waals surface area contributed by atoms with Gasteiger partial charge in [0.15, 0.2) is 5.82 Å². The van der Waals surface area contributed by atoms with Crippen LogP contribution in [0.4, 0.5) is 4.39 Å². The number of hydrogen-bond acceptors (Lipinski definition) is 2. The molecule has 0 aliphatic rings. The van der Waals surface area contributed by atoms with Gasteiger partial charge in [0.25, 0.3) is 0 Å². The molecule has 0 aliphatic heterocycles. The summed E-state index contributed by atoms with van der Waals surface area (Å²) in [5, 5.41) is 8.57. The van der Waals surface area contributed by atoms with Crippen molar-refractivity contribution >= 4 is 0 Å². The molecule has 0 N–H and O–H groups in total. The van der Waals surface area contributed by atoms with Gasteiger partial charge in [0.05, 0.1) is 5.56 Å². The number of nitrogens with zero attached hydrogens (tertiary/aromatic N) is 2. The molecule has 15 heavy (non-hydrogen) atoms. The van der Waals surface area contributed by atoms with Gasteiger partial charge in [-0.05, 0) is 6.07 Å². The van der Waals surface area contributed by atoms with Crippen molar-refractivity contribution in [2.75, 3.05) is 0 Å². The van der Waals surface area contributed by atoms with E-state index in [-0.39, 0.29) is 11.3 Å². The molecule has 0 bridgehead atoms. The number of pyridine rings is 1. The molecule has 0 spiro atoms. The van der Waals surface area contributed by atoms with Crippen molar-refractivity contribution in [1.29, 1.82) is 5.26 Å². The molecule has 2 rings (SSSR count). The smallest absolute Gasteiger partial charge is 0.150 e. The SMILES string of the molecule is N#Cc1cnc(-c2ccccc2)c(F)c1. The highest BCUT2D eigenvalue weighted by Crippen LogP contribution is 2.19. The molecule has 3 heteroatoms. The number of aromatic nitrogens is 1. The molecule has 0 atom stereocenters. The Labute approximate surface area is 86.6 Å². The van der Waals surface area contributed by atoms with Crippen molar-refractivity contribution in [3.63, 3.8) is 0 Å². The van der Waals surface area contributed by atoms with E-state index in [4.69, 9.17) is 5.26 Å². The molecular weight excluding hydrogens is 191 g/mol. The molecule has 0 radical (unpaired) electrons. The number of halogens is 1. The molecule has 0 fully saturated rings. The van der Waals surface area contributed by atoms with Crippen LogP contribution in [0.2, 0.25) is 0 Å². The lowest BCUT2D eigenvalue weighted by molar-refractivity contribution is 0.625. The Balaban J connectivity index is 2.52. The minimum Gasteiger partial charge on any atom is -0.252 e. The number of benzene rings is 1. The fraction of sp³-hybridized carbons (Fsp3) is 0. The molecule has 0 saturated heterocycles. The van der Waals surface area contributed by atoms with Gasteiger partial charge < -0.3 is 0 Å². The Morgan fingerprint density at radius 2 is 1.93 bits per heavy atom. The fourth-order valence-corrected chi connectivity index (χ4v) is 1.31. The quantitative estimate of drug-likeness (QED) is 0.706. The second-order valence-electron chi connectivity index (χ2n) is 3.03. The van der Waals surface area contributed by atoms with Gasteiger partial charge in [0.2, 0.25) is 0 Å². The molecule has 0 aliphatic carbocycles. The predicted octanol–water partition coefficient (Wildman–Crippen LogP) is 2.76. The van der Waals surface area contributed by atoms with Gasteiger partial charge in [-0.2, -0.15) is 5.26 Å². The van der Waals surface area contributed by atoms with E-state index in [0.717, 1.165) is 0 Å². The largest absolute Gasteiger partial charge is 0.252 e. The van der Waals surface area contributed by atoms with Crippen molar-refractivity contribution in [3.8, 4) is 17.3 Å². The summed E-state index contributed by atoms with van der Waals surface area (Å²) in [4.78, 5) is 3.92. The van der Waals surface area contributed by atoms with Gasteiger partial charge in [0.1, 0.15) is 11.8 Å². The Morgan fingerprint density at radius 3 is 2.53 bits per heavy atom. The van der Waals surface area contributed by atoms with Gasteiger partial charge in [-0.1, -0.05) is 30.3 Å². The normalized spacial score (nSPS) is 9.60. The highest BCUT2D eigenvalue weighted by Gasteiger charge is 2.06. The number of rotatable bonds is 1. The predicted molar refractivity (Wildman–Crippen MR) is 54.3 cm³/mol. The zero-order chi connectivity index (χ0) is 10.7. The summed E-state index contributed by atoms with van der Waals surface area (Å²) in [6.07, 6.45) is 1.37. The van der Waals surface area contributed by atoms with E-state index in [1.54, 1.807) is 12.1 Å². The van der Waals surface area contributed by atoms with E-state index in [2.05, 4.69) is 4.98 Å². The molecule has 0 amide bonds. The van der Waals surface area contributed by atoms with Gasteiger partial charge in [-0.3, -0.25) is 4.98 Å². The first-order chi connectivity index (χ1) is 7.31. The standard InChI is InChI=1S/C12H7FN2/c13-11-6-9(7-14)8-15-12(11)10-4-2-1-3-5-10/h1-6,8H. The molecule has 0 unspecified atom stereocenters. The van der Waals surface area contributed by atoms with Crippen LogP contribution in [0.5, 0.6) is 0 Å². The van der Waals surface area contributed by atoms with Crippen molar-refractivity contribution in [2.24, 2.45) is 0 Å². The highest BCUT2D eigenvalue weighted by molar-refractivity contribution is 5.60. The molecule has 2 aromatic rings. The summed E-state index contributed by atoms with van der Waals surface area (Å²) in [5.41, 5.74) is 1.21. The van der Waals surface area contributed by atoms with Crippen molar-refractivity contribution in [2.45, 2.75) is 0 Å². The van der Waals surface area contributed by atoms with Crippen LogP contribution in [0.3, 0.4) is 0 Å². The third-order valence-electron chi connectivity index (χ3n) is 2.02. The molecule has 72 valence electrons. The van der Waals surface area contributed by atoms with Gasteiger partial charge in [0, 0.05) is 11.8 Å². The fourth-order valence-electron chi connectivity index (χ4n) is 1.31. The second kappa shape index (κ2) is 3.89. The third kappa shape index (κ3) is 1.84. The summed E-state index contributed by atoms with van der Waals surface area (Å²) in [6.45, 7) is 0. The van der Waals surface area contributed by atoms with Crippen LogP contribution in [0.25, 0.3) is 11.3 Å². The van der Waals surface area contributed by atoms with E-state index in [9.17, 15) is 4.39 Å². The average molecular weight is 198 g/mol. The first-order valence-electron chi connectivity index (χ1n) is 4.42. The van der Waals surface area contributed by atoms with E-state index in [1.165, 1.54) is 12.3 Å². The minimum absolute atomic E-state index is 0.229. The first kappa shape index (κ1) is 9.35. The monoisotopic (exact) mass is 198 g/mol. The molecule has 0 saturated carbocycles. The van der Waals surface area contributed by atoms with E-state index in [0.29, 0.717) is 5.56 Å². The van der Waals surface area contributed by atoms with Crippen LogP contribution in [0, 0.1) is 17.1 Å². The summed E-state index contributed by atoms with van der Waals surface area (Å²) < 4.78 is 13.5. The minimum atomic E-state index is -0.472. The molecular formula is C12H7FN2. The maximum absolute atomic E-state index is 13.5. The summed E-state index contributed by atoms with van der Waals surface area (Å²) in [5.74, 6) is -0.472. The highest BCUT2D eigenvalue weighted by atomic mass is 19.1. The van der Waals surface area contributed by atoms with Crippen molar-refractivity contribution in [3.05, 3.63) is 54.0 Å². The lowest BCUT2D eigenvalue weighted by Gasteiger charge is -2.01. The zero-order valence-corrected chi connectivity index (χ0v) is 7.81. The van der Waals surface area contributed by atoms with Crippen molar-refractivity contribution in [1.82, 2.24) is 4.98 Å². The Morgan fingerprint density at radius 1 is 1.20 bits per heavy atom. The molecule has 1 heterocycles. The third-order valence-corrected chi connectivity index (χ3v) is 2.02. The van der Waals surface area contributed by atoms with Gasteiger partial charge in [-0.25, -0.2) is 4.39 Å². The average Bonchev–Trinajstić information content (AvgIpc) is 2.30. The second-order valence-corrected chi connectivity index (χ2v) is 3.03. The Hall–Kier alpha value is -2.21. The van der Waals surface area contributed by atoms with Gasteiger partial charge >= 0.3 is 0 Å². The van der Waals surface area contributed by atoms with Crippen LogP contribution in [0.1, 0.15) is 5.56 Å². The zero-order valence-electron chi connectivity index (χ0n) is 7.81. The maximum atomic E-state index is 13.5. The topological polar surface area (TPSA) is 36.7 Å². The maximum Gasteiger partial charge on any atom is 0.150 e. The van der Waals surface area contributed by atoms with Crippen LogP contribution in [-0.2, 0) is 0 Å². The number of hydrogen-bond donors (Lipinski definition) is 0. The molecule has 1 aromatic heterocycles.